The fourth-order valence-corrected chi connectivity index (χ4v) is 1.79. The second-order valence-electron chi connectivity index (χ2n) is 4.08. The van der Waals surface area contributed by atoms with E-state index in [2.05, 4.69) is 10.6 Å². The predicted octanol–water partition coefficient (Wildman–Crippen LogP) is 0.329. The van der Waals surface area contributed by atoms with Crippen LogP contribution in [0.2, 0.25) is 0 Å². The van der Waals surface area contributed by atoms with Crippen LogP contribution in [-0.2, 0) is 9.53 Å². The molecule has 1 saturated carbocycles. The highest BCUT2D eigenvalue weighted by molar-refractivity contribution is 5.77. The summed E-state index contributed by atoms with van der Waals surface area (Å²) < 4.78 is 4.79. The van der Waals surface area contributed by atoms with Gasteiger partial charge in [0.1, 0.15) is 0 Å². The zero-order valence-electron chi connectivity index (χ0n) is 9.41. The van der Waals surface area contributed by atoms with Crippen molar-refractivity contribution in [3.63, 3.8) is 0 Å². The SMILES string of the molecule is COCCNC(=O)NC1(CC(=O)O)CCC1. The van der Waals surface area contributed by atoms with E-state index in [-0.39, 0.29) is 12.5 Å². The number of carbonyl (C=O) groups is 2. The highest BCUT2D eigenvalue weighted by Crippen LogP contribution is 2.34. The van der Waals surface area contributed by atoms with Crippen molar-refractivity contribution in [1.82, 2.24) is 10.6 Å². The Morgan fingerprint density at radius 2 is 2.12 bits per heavy atom. The van der Waals surface area contributed by atoms with Crippen LogP contribution in [0.15, 0.2) is 0 Å². The highest BCUT2D eigenvalue weighted by Gasteiger charge is 2.40. The van der Waals surface area contributed by atoms with E-state index in [0.29, 0.717) is 13.2 Å². The molecule has 0 radical (unpaired) electrons. The molecule has 1 aliphatic rings. The van der Waals surface area contributed by atoms with E-state index in [0.717, 1.165) is 19.3 Å². The van der Waals surface area contributed by atoms with E-state index in [1.807, 2.05) is 0 Å². The number of carboxylic acids is 1. The molecule has 0 unspecified atom stereocenters. The fraction of sp³-hybridized carbons (Fsp3) is 0.800. The Labute approximate surface area is 94.3 Å². The van der Waals surface area contributed by atoms with Gasteiger partial charge in [0, 0.05) is 13.7 Å². The first-order valence-corrected chi connectivity index (χ1v) is 5.35. The van der Waals surface area contributed by atoms with Gasteiger partial charge in [-0.05, 0) is 19.3 Å². The summed E-state index contributed by atoms with van der Waals surface area (Å²) in [6, 6.07) is -0.321. The van der Waals surface area contributed by atoms with Gasteiger partial charge in [-0.1, -0.05) is 0 Å². The number of amides is 2. The first-order valence-electron chi connectivity index (χ1n) is 5.35. The molecule has 0 aromatic carbocycles. The summed E-state index contributed by atoms with van der Waals surface area (Å²) >= 11 is 0. The Morgan fingerprint density at radius 1 is 1.44 bits per heavy atom. The number of carbonyl (C=O) groups excluding carboxylic acids is 1. The Balaban J connectivity index is 2.32. The lowest BCUT2D eigenvalue weighted by Gasteiger charge is -2.41. The molecule has 92 valence electrons. The third kappa shape index (κ3) is 3.69. The number of nitrogens with one attached hydrogen (secondary N) is 2. The predicted molar refractivity (Wildman–Crippen MR) is 57.2 cm³/mol. The quantitative estimate of drug-likeness (QED) is 0.574. The van der Waals surface area contributed by atoms with Crippen LogP contribution in [0, 0.1) is 0 Å². The van der Waals surface area contributed by atoms with Crippen LogP contribution in [0.25, 0.3) is 0 Å². The fourth-order valence-electron chi connectivity index (χ4n) is 1.79. The van der Waals surface area contributed by atoms with Gasteiger partial charge in [-0.15, -0.1) is 0 Å². The van der Waals surface area contributed by atoms with Gasteiger partial charge >= 0.3 is 12.0 Å². The van der Waals surface area contributed by atoms with Crippen molar-refractivity contribution in [3.05, 3.63) is 0 Å². The minimum absolute atomic E-state index is 0.00923. The largest absolute Gasteiger partial charge is 0.481 e. The summed E-state index contributed by atoms with van der Waals surface area (Å²) in [6.45, 7) is 0.866. The molecular formula is C10H18N2O4. The maximum atomic E-state index is 11.4. The van der Waals surface area contributed by atoms with Crippen molar-refractivity contribution in [3.8, 4) is 0 Å². The van der Waals surface area contributed by atoms with Crippen molar-refractivity contribution in [2.75, 3.05) is 20.3 Å². The van der Waals surface area contributed by atoms with Crippen molar-refractivity contribution in [2.24, 2.45) is 0 Å². The minimum atomic E-state index is -0.878. The highest BCUT2D eigenvalue weighted by atomic mass is 16.5. The number of rotatable bonds is 6. The summed E-state index contributed by atoms with van der Waals surface area (Å²) in [7, 11) is 1.55. The average molecular weight is 230 g/mol. The standard InChI is InChI=1S/C10H18N2O4/c1-16-6-5-11-9(15)12-10(3-2-4-10)7-8(13)14/h2-7H2,1H3,(H,13,14)(H2,11,12,15). The van der Waals surface area contributed by atoms with Crippen molar-refractivity contribution >= 4 is 12.0 Å². The van der Waals surface area contributed by atoms with Gasteiger partial charge in [0.15, 0.2) is 0 Å². The maximum absolute atomic E-state index is 11.4. The molecule has 0 saturated heterocycles. The molecular weight excluding hydrogens is 212 g/mol. The van der Waals surface area contributed by atoms with Crippen LogP contribution in [0.4, 0.5) is 4.79 Å². The van der Waals surface area contributed by atoms with Crippen molar-refractivity contribution in [1.29, 1.82) is 0 Å². The summed E-state index contributed by atoms with van der Waals surface area (Å²) in [5.41, 5.74) is -0.539. The van der Waals surface area contributed by atoms with Crippen LogP contribution in [0.5, 0.6) is 0 Å². The zero-order valence-corrected chi connectivity index (χ0v) is 9.41. The normalized spacial score (nSPS) is 17.3. The molecule has 1 aliphatic carbocycles. The summed E-state index contributed by atoms with van der Waals surface area (Å²) in [5.74, 6) is -0.878. The molecule has 1 rings (SSSR count). The molecule has 0 heterocycles. The lowest BCUT2D eigenvalue weighted by molar-refractivity contribution is -0.139. The smallest absolute Gasteiger partial charge is 0.315 e. The molecule has 1 fully saturated rings. The number of carboxylic acid groups (broad SMARTS) is 1. The van der Waals surface area contributed by atoms with E-state index >= 15 is 0 Å². The summed E-state index contributed by atoms with van der Waals surface area (Å²) in [6.07, 6.45) is 2.42. The Bertz CT molecular complexity index is 264. The molecule has 0 atom stereocenters. The van der Waals surface area contributed by atoms with E-state index in [1.165, 1.54) is 0 Å². The Morgan fingerprint density at radius 3 is 2.56 bits per heavy atom. The van der Waals surface area contributed by atoms with Gasteiger partial charge in [-0.2, -0.15) is 0 Å². The first kappa shape index (κ1) is 12.8. The third-order valence-electron chi connectivity index (χ3n) is 2.77. The second-order valence-corrected chi connectivity index (χ2v) is 4.08. The van der Waals surface area contributed by atoms with Crippen LogP contribution < -0.4 is 10.6 Å². The zero-order chi connectivity index (χ0) is 12.0. The summed E-state index contributed by atoms with van der Waals surface area (Å²) in [4.78, 5) is 22.1. The van der Waals surface area contributed by atoms with Crippen LogP contribution in [-0.4, -0.2) is 42.9 Å². The molecule has 0 bridgehead atoms. The van der Waals surface area contributed by atoms with Gasteiger partial charge in [-0.3, -0.25) is 4.79 Å². The molecule has 0 aromatic heterocycles. The van der Waals surface area contributed by atoms with Gasteiger partial charge in [0.25, 0.3) is 0 Å². The van der Waals surface area contributed by atoms with E-state index in [4.69, 9.17) is 9.84 Å². The number of hydrogen-bond acceptors (Lipinski definition) is 3. The molecule has 0 aliphatic heterocycles. The monoisotopic (exact) mass is 230 g/mol. The average Bonchev–Trinajstić information content (AvgIpc) is 2.14. The minimum Gasteiger partial charge on any atom is -0.481 e. The first-order chi connectivity index (χ1) is 7.58. The van der Waals surface area contributed by atoms with Crippen molar-refractivity contribution < 1.29 is 19.4 Å². The molecule has 16 heavy (non-hydrogen) atoms. The molecule has 2 amide bonds. The molecule has 0 aromatic rings. The van der Waals surface area contributed by atoms with Gasteiger partial charge < -0.3 is 20.5 Å². The maximum Gasteiger partial charge on any atom is 0.315 e. The van der Waals surface area contributed by atoms with Crippen LogP contribution in [0.1, 0.15) is 25.7 Å². The lowest BCUT2D eigenvalue weighted by atomic mass is 9.74. The topological polar surface area (TPSA) is 87.7 Å². The lowest BCUT2D eigenvalue weighted by Crippen LogP contribution is -2.57. The number of ether oxygens (including phenoxy) is 1. The molecule has 3 N–H and O–H groups in total. The number of aliphatic carboxylic acids is 1. The summed E-state index contributed by atoms with van der Waals surface area (Å²) in [5, 5.41) is 14.1. The number of methoxy groups -OCH3 is 1. The van der Waals surface area contributed by atoms with Crippen LogP contribution in [0.3, 0.4) is 0 Å². The van der Waals surface area contributed by atoms with E-state index in [9.17, 15) is 9.59 Å². The van der Waals surface area contributed by atoms with Crippen LogP contribution >= 0.6 is 0 Å². The Kier molecular flexibility index (Phi) is 4.54. The van der Waals surface area contributed by atoms with Crippen molar-refractivity contribution in [2.45, 2.75) is 31.2 Å². The van der Waals surface area contributed by atoms with Gasteiger partial charge in [0.05, 0.1) is 18.6 Å². The third-order valence-corrected chi connectivity index (χ3v) is 2.77. The molecule has 6 nitrogen and oxygen atoms in total. The van der Waals surface area contributed by atoms with E-state index in [1.54, 1.807) is 7.11 Å². The number of hydrogen-bond donors (Lipinski definition) is 3. The van der Waals surface area contributed by atoms with Gasteiger partial charge in [-0.25, -0.2) is 4.79 Å². The molecule has 0 spiro atoms. The van der Waals surface area contributed by atoms with Gasteiger partial charge in [0.2, 0.25) is 0 Å². The molecule has 6 heteroatoms. The second kappa shape index (κ2) is 5.69. The van der Waals surface area contributed by atoms with E-state index < -0.39 is 11.5 Å². The Hall–Kier alpha value is -1.30. The number of urea groups is 1.